The van der Waals surface area contributed by atoms with Gasteiger partial charge in [0.2, 0.25) is 11.8 Å². The van der Waals surface area contributed by atoms with Crippen molar-refractivity contribution in [3.8, 4) is 0 Å². The van der Waals surface area contributed by atoms with E-state index >= 15 is 0 Å². The third-order valence-electron chi connectivity index (χ3n) is 4.35. The number of amides is 2. The number of rotatable bonds is 7. The van der Waals surface area contributed by atoms with Crippen molar-refractivity contribution in [1.29, 1.82) is 0 Å². The predicted molar refractivity (Wildman–Crippen MR) is 106 cm³/mol. The topological polar surface area (TPSA) is 40.6 Å². The summed E-state index contributed by atoms with van der Waals surface area (Å²) in [5, 5.41) is 0.610. The van der Waals surface area contributed by atoms with Crippen molar-refractivity contribution < 1.29 is 9.59 Å². The molecule has 138 valence electrons. The van der Waals surface area contributed by atoms with E-state index in [4.69, 9.17) is 11.6 Å². The first-order chi connectivity index (χ1) is 12.4. The van der Waals surface area contributed by atoms with E-state index in [0.29, 0.717) is 30.3 Å². The zero-order valence-electron chi connectivity index (χ0n) is 15.5. The smallest absolute Gasteiger partial charge is 0.224 e. The Bertz CT molecular complexity index is 762. The molecule has 2 aromatic carbocycles. The molecule has 5 heteroatoms. The Labute approximate surface area is 160 Å². The number of aryl methyl sites for hydroxylation is 1. The largest absolute Gasteiger partial charge is 0.339 e. The standard InChI is InChI=1S/C21H25ClN2O2/c1-4-23(15-18-8-6-5-7-9-18)21(26)12-13-24(17(3)25)19-11-10-16(2)20(22)14-19/h5-11,14H,4,12-13,15H2,1-3H3. The molecule has 0 N–H and O–H groups in total. The average molecular weight is 373 g/mol. The van der Waals surface area contributed by atoms with E-state index in [2.05, 4.69) is 0 Å². The predicted octanol–water partition coefficient (Wildman–Crippen LogP) is 4.44. The summed E-state index contributed by atoms with van der Waals surface area (Å²) in [6.07, 6.45) is 0.270. The number of hydrogen-bond acceptors (Lipinski definition) is 2. The van der Waals surface area contributed by atoms with Gasteiger partial charge >= 0.3 is 0 Å². The summed E-state index contributed by atoms with van der Waals surface area (Å²) in [5.74, 6) is -0.0790. The van der Waals surface area contributed by atoms with Crippen molar-refractivity contribution in [3.05, 3.63) is 64.7 Å². The second-order valence-corrected chi connectivity index (χ2v) is 6.65. The zero-order chi connectivity index (χ0) is 19.1. The Hall–Kier alpha value is -2.33. The number of carbonyl (C=O) groups is 2. The molecule has 0 aliphatic rings. The molecule has 2 aromatic rings. The number of hydrogen-bond donors (Lipinski definition) is 0. The molecule has 0 saturated carbocycles. The molecule has 26 heavy (non-hydrogen) atoms. The summed E-state index contributed by atoms with van der Waals surface area (Å²) in [6.45, 7) is 6.91. The van der Waals surface area contributed by atoms with Gasteiger partial charge in [-0.15, -0.1) is 0 Å². The number of benzene rings is 2. The summed E-state index contributed by atoms with van der Waals surface area (Å²) in [6, 6.07) is 15.4. The molecule has 0 unspecified atom stereocenters. The summed E-state index contributed by atoms with van der Waals surface area (Å²) in [4.78, 5) is 28.1. The molecular formula is C21H25ClN2O2. The maximum atomic E-state index is 12.6. The molecule has 2 rings (SSSR count). The highest BCUT2D eigenvalue weighted by Gasteiger charge is 2.17. The van der Waals surface area contributed by atoms with E-state index in [-0.39, 0.29) is 18.2 Å². The van der Waals surface area contributed by atoms with Crippen molar-refractivity contribution in [2.75, 3.05) is 18.0 Å². The number of carbonyl (C=O) groups excluding carboxylic acids is 2. The van der Waals surface area contributed by atoms with Crippen LogP contribution in [0.15, 0.2) is 48.5 Å². The lowest BCUT2D eigenvalue weighted by atomic mass is 10.2. The van der Waals surface area contributed by atoms with Crippen molar-refractivity contribution in [2.24, 2.45) is 0 Å². The van der Waals surface area contributed by atoms with Crippen molar-refractivity contribution in [3.63, 3.8) is 0 Å². The fourth-order valence-corrected chi connectivity index (χ4v) is 2.94. The number of anilines is 1. The number of nitrogens with zero attached hydrogens (tertiary/aromatic N) is 2. The van der Waals surface area contributed by atoms with E-state index in [1.807, 2.05) is 56.3 Å². The Morgan fingerprint density at radius 1 is 1.08 bits per heavy atom. The van der Waals surface area contributed by atoms with Crippen LogP contribution in [0, 0.1) is 6.92 Å². The summed E-state index contributed by atoms with van der Waals surface area (Å²) >= 11 is 6.18. The van der Waals surface area contributed by atoms with Crippen LogP contribution in [0.2, 0.25) is 5.02 Å². The van der Waals surface area contributed by atoms with Gasteiger partial charge in [-0.05, 0) is 37.1 Å². The van der Waals surface area contributed by atoms with Gasteiger partial charge in [-0.25, -0.2) is 0 Å². The minimum atomic E-state index is -0.108. The molecule has 2 amide bonds. The van der Waals surface area contributed by atoms with Crippen LogP contribution in [0.5, 0.6) is 0 Å². The van der Waals surface area contributed by atoms with Gasteiger partial charge in [-0.3, -0.25) is 9.59 Å². The lowest BCUT2D eigenvalue weighted by Gasteiger charge is -2.25. The van der Waals surface area contributed by atoms with Crippen LogP contribution in [-0.2, 0) is 16.1 Å². The molecule has 0 heterocycles. The molecule has 0 saturated heterocycles. The Morgan fingerprint density at radius 2 is 1.77 bits per heavy atom. The van der Waals surface area contributed by atoms with Gasteiger partial charge in [-0.2, -0.15) is 0 Å². The van der Waals surface area contributed by atoms with Crippen LogP contribution in [0.25, 0.3) is 0 Å². The monoisotopic (exact) mass is 372 g/mol. The summed E-state index contributed by atoms with van der Waals surface area (Å²) in [7, 11) is 0. The van der Waals surface area contributed by atoms with Gasteiger partial charge in [0.1, 0.15) is 0 Å². The summed E-state index contributed by atoms with van der Waals surface area (Å²) in [5.41, 5.74) is 2.76. The van der Waals surface area contributed by atoms with E-state index in [1.165, 1.54) is 6.92 Å². The maximum absolute atomic E-state index is 12.6. The van der Waals surface area contributed by atoms with E-state index in [1.54, 1.807) is 15.9 Å². The minimum Gasteiger partial charge on any atom is -0.339 e. The van der Waals surface area contributed by atoms with Gasteiger partial charge in [0.15, 0.2) is 0 Å². The van der Waals surface area contributed by atoms with Gasteiger partial charge < -0.3 is 9.80 Å². The van der Waals surface area contributed by atoms with Crippen LogP contribution < -0.4 is 4.90 Å². The van der Waals surface area contributed by atoms with Crippen molar-refractivity contribution in [1.82, 2.24) is 4.90 Å². The molecular weight excluding hydrogens is 348 g/mol. The second kappa shape index (κ2) is 9.39. The fourth-order valence-electron chi connectivity index (χ4n) is 2.76. The van der Waals surface area contributed by atoms with E-state index in [0.717, 1.165) is 11.1 Å². The third kappa shape index (κ3) is 5.33. The molecule has 0 atom stereocenters. The Balaban J connectivity index is 2.03. The van der Waals surface area contributed by atoms with Crippen LogP contribution >= 0.6 is 11.6 Å². The maximum Gasteiger partial charge on any atom is 0.224 e. The number of halogens is 1. The van der Waals surface area contributed by atoms with Gasteiger partial charge in [0.05, 0.1) is 0 Å². The molecule has 0 bridgehead atoms. The van der Waals surface area contributed by atoms with Crippen LogP contribution in [0.1, 0.15) is 31.4 Å². The molecule has 0 aliphatic carbocycles. The highest BCUT2D eigenvalue weighted by molar-refractivity contribution is 6.31. The lowest BCUT2D eigenvalue weighted by Crippen LogP contribution is -2.36. The Kier molecular flexibility index (Phi) is 7.22. The first-order valence-corrected chi connectivity index (χ1v) is 9.16. The van der Waals surface area contributed by atoms with Gasteiger partial charge in [0.25, 0.3) is 0 Å². The van der Waals surface area contributed by atoms with Crippen LogP contribution in [0.4, 0.5) is 5.69 Å². The molecule has 0 fully saturated rings. The molecule has 0 aliphatic heterocycles. The lowest BCUT2D eigenvalue weighted by molar-refractivity contribution is -0.131. The molecule has 4 nitrogen and oxygen atoms in total. The SMILES string of the molecule is CCN(Cc1ccccc1)C(=O)CCN(C(C)=O)c1ccc(C)c(Cl)c1. The summed E-state index contributed by atoms with van der Waals surface area (Å²) < 4.78 is 0. The van der Waals surface area contributed by atoms with Crippen molar-refractivity contribution >= 4 is 29.1 Å². The Morgan fingerprint density at radius 3 is 2.35 bits per heavy atom. The van der Waals surface area contributed by atoms with Crippen molar-refractivity contribution in [2.45, 2.75) is 33.7 Å². The van der Waals surface area contributed by atoms with E-state index in [9.17, 15) is 9.59 Å². The highest BCUT2D eigenvalue weighted by Crippen LogP contribution is 2.23. The first kappa shape index (κ1) is 20.0. The average Bonchev–Trinajstić information content (AvgIpc) is 2.63. The zero-order valence-corrected chi connectivity index (χ0v) is 16.3. The fraction of sp³-hybridized carbons (Fsp3) is 0.333. The first-order valence-electron chi connectivity index (χ1n) is 8.78. The molecule has 0 spiro atoms. The van der Waals surface area contributed by atoms with Gasteiger partial charge in [0, 0.05) is 43.7 Å². The molecule has 0 radical (unpaired) electrons. The van der Waals surface area contributed by atoms with E-state index < -0.39 is 0 Å². The molecule has 0 aromatic heterocycles. The van der Waals surface area contributed by atoms with Crippen LogP contribution in [0.3, 0.4) is 0 Å². The van der Waals surface area contributed by atoms with Crippen LogP contribution in [-0.4, -0.2) is 29.8 Å². The normalized spacial score (nSPS) is 10.5. The third-order valence-corrected chi connectivity index (χ3v) is 4.75. The van der Waals surface area contributed by atoms with Gasteiger partial charge in [-0.1, -0.05) is 48.0 Å². The second-order valence-electron chi connectivity index (χ2n) is 6.25. The minimum absolute atomic E-state index is 0.0285. The highest BCUT2D eigenvalue weighted by atomic mass is 35.5. The quantitative estimate of drug-likeness (QED) is 0.720.